The van der Waals surface area contributed by atoms with Gasteiger partial charge in [0, 0.05) is 11.5 Å². The van der Waals surface area contributed by atoms with Crippen LogP contribution in [0.1, 0.15) is 22.8 Å². The number of carbonyl (C=O) groups is 1. The summed E-state index contributed by atoms with van der Waals surface area (Å²) in [7, 11) is 0. The zero-order chi connectivity index (χ0) is 14.4. The number of hydrogen-bond acceptors (Lipinski definition) is 1. The van der Waals surface area contributed by atoms with Crippen molar-refractivity contribution >= 4 is 16.6 Å². The lowest BCUT2D eigenvalue weighted by molar-refractivity contribution is 0.0947. The quantitative estimate of drug-likeness (QED) is 0.617. The molecule has 0 spiro atoms. The first-order valence-corrected chi connectivity index (χ1v) is 7.39. The number of carbonyl (C=O) groups excluding carboxylic acids is 1. The van der Waals surface area contributed by atoms with E-state index in [-0.39, 0.29) is 11.7 Å². The molecule has 0 radical (unpaired) electrons. The van der Waals surface area contributed by atoms with Crippen molar-refractivity contribution in [1.82, 2.24) is 0 Å². The van der Waals surface area contributed by atoms with Crippen LogP contribution >= 0.6 is 0 Å². The molecule has 0 saturated carbocycles. The van der Waals surface area contributed by atoms with Gasteiger partial charge in [-0.15, -0.1) is 0 Å². The molecule has 0 aliphatic heterocycles. The summed E-state index contributed by atoms with van der Waals surface area (Å²) in [6.45, 7) is 2.02. The molecule has 1 aliphatic rings. The van der Waals surface area contributed by atoms with Crippen molar-refractivity contribution in [3.05, 3.63) is 71.8 Å². The molecule has 0 saturated heterocycles. The average molecular weight is 272 g/mol. The summed E-state index contributed by atoms with van der Waals surface area (Å²) in [4.78, 5) is 12.5. The summed E-state index contributed by atoms with van der Waals surface area (Å²) in [6, 6.07) is 21.0. The summed E-state index contributed by atoms with van der Waals surface area (Å²) in [6.07, 6.45) is 0.871. The second-order valence-corrected chi connectivity index (χ2v) is 5.87. The molecule has 0 fully saturated rings. The fourth-order valence-corrected chi connectivity index (χ4v) is 3.33. The highest BCUT2D eigenvalue weighted by Gasteiger charge is 2.29. The highest BCUT2D eigenvalue weighted by molar-refractivity contribution is 6.08. The summed E-state index contributed by atoms with van der Waals surface area (Å²) in [5.41, 5.74) is 4.33. The van der Waals surface area contributed by atoms with E-state index in [0.29, 0.717) is 0 Å². The van der Waals surface area contributed by atoms with Gasteiger partial charge in [-0.3, -0.25) is 4.79 Å². The lowest BCUT2D eigenvalue weighted by Gasteiger charge is -2.09. The first-order valence-electron chi connectivity index (χ1n) is 7.39. The van der Waals surface area contributed by atoms with Crippen molar-refractivity contribution in [3.63, 3.8) is 0 Å². The Kier molecular flexibility index (Phi) is 2.68. The molecule has 0 aromatic heterocycles. The van der Waals surface area contributed by atoms with E-state index >= 15 is 0 Å². The van der Waals surface area contributed by atoms with Crippen LogP contribution in [0.2, 0.25) is 0 Å². The highest BCUT2D eigenvalue weighted by Crippen LogP contribution is 2.35. The predicted octanol–water partition coefficient (Wildman–Crippen LogP) is 4.88. The Hall–Kier alpha value is -2.41. The topological polar surface area (TPSA) is 17.1 Å². The van der Waals surface area contributed by atoms with Crippen molar-refractivity contribution in [2.24, 2.45) is 5.92 Å². The van der Waals surface area contributed by atoms with Crippen LogP contribution in [0.25, 0.3) is 21.9 Å². The van der Waals surface area contributed by atoms with Gasteiger partial charge in [-0.05, 0) is 39.9 Å². The number of ketones is 1. The molecule has 1 atom stereocenters. The molecule has 0 bridgehead atoms. The van der Waals surface area contributed by atoms with Crippen molar-refractivity contribution in [2.75, 3.05) is 0 Å². The number of benzene rings is 3. The van der Waals surface area contributed by atoms with Gasteiger partial charge in [0.2, 0.25) is 0 Å². The third kappa shape index (κ3) is 1.89. The minimum absolute atomic E-state index is 0.113. The van der Waals surface area contributed by atoms with Gasteiger partial charge >= 0.3 is 0 Å². The molecule has 3 aromatic carbocycles. The van der Waals surface area contributed by atoms with E-state index in [1.54, 1.807) is 0 Å². The third-order valence-electron chi connectivity index (χ3n) is 4.43. The Bertz CT molecular complexity index is 861. The van der Waals surface area contributed by atoms with Crippen LogP contribution in [0.15, 0.2) is 60.7 Å². The van der Waals surface area contributed by atoms with Gasteiger partial charge in [0.05, 0.1) is 0 Å². The van der Waals surface area contributed by atoms with Crippen molar-refractivity contribution in [1.29, 1.82) is 0 Å². The SMILES string of the molecule is CC1Cc2cccc(-c3ccc4ccccc4c3)c2C1=O. The maximum Gasteiger partial charge on any atom is 0.166 e. The van der Waals surface area contributed by atoms with Crippen LogP contribution in [-0.2, 0) is 6.42 Å². The summed E-state index contributed by atoms with van der Waals surface area (Å²) in [5.74, 6) is 0.398. The van der Waals surface area contributed by atoms with Crippen LogP contribution < -0.4 is 0 Å². The Balaban J connectivity index is 1.94. The van der Waals surface area contributed by atoms with Crippen molar-refractivity contribution in [2.45, 2.75) is 13.3 Å². The largest absolute Gasteiger partial charge is 0.294 e. The minimum Gasteiger partial charge on any atom is -0.294 e. The van der Waals surface area contributed by atoms with Crippen molar-refractivity contribution in [3.8, 4) is 11.1 Å². The van der Waals surface area contributed by atoms with E-state index in [9.17, 15) is 4.79 Å². The minimum atomic E-state index is 0.113. The molecule has 1 heteroatoms. The van der Waals surface area contributed by atoms with Gasteiger partial charge in [-0.25, -0.2) is 0 Å². The second kappa shape index (κ2) is 4.56. The third-order valence-corrected chi connectivity index (χ3v) is 4.43. The van der Waals surface area contributed by atoms with Crippen LogP contribution in [0.5, 0.6) is 0 Å². The second-order valence-electron chi connectivity index (χ2n) is 5.87. The maximum atomic E-state index is 12.5. The Morgan fingerprint density at radius 3 is 2.57 bits per heavy atom. The fraction of sp³-hybridized carbons (Fsp3) is 0.150. The summed E-state index contributed by atoms with van der Waals surface area (Å²) in [5, 5.41) is 2.44. The van der Waals surface area contributed by atoms with Crippen molar-refractivity contribution < 1.29 is 4.79 Å². The first-order chi connectivity index (χ1) is 10.2. The molecule has 21 heavy (non-hydrogen) atoms. The van der Waals surface area contributed by atoms with E-state index in [1.165, 1.54) is 16.3 Å². The zero-order valence-electron chi connectivity index (χ0n) is 12.0. The molecule has 0 amide bonds. The molecular weight excluding hydrogens is 256 g/mol. The molecule has 3 aromatic rings. The molecule has 102 valence electrons. The van der Waals surface area contributed by atoms with Gasteiger partial charge in [0.1, 0.15) is 0 Å². The number of hydrogen-bond donors (Lipinski definition) is 0. The number of rotatable bonds is 1. The van der Waals surface area contributed by atoms with Crippen LogP contribution in [0.3, 0.4) is 0 Å². The molecule has 0 heterocycles. The monoisotopic (exact) mass is 272 g/mol. The number of Topliss-reactive ketones (excluding diaryl/α,β-unsaturated/α-hetero) is 1. The van der Waals surface area contributed by atoms with E-state index in [4.69, 9.17) is 0 Å². The van der Waals surface area contributed by atoms with Crippen LogP contribution in [0, 0.1) is 5.92 Å². The van der Waals surface area contributed by atoms with Crippen LogP contribution in [0.4, 0.5) is 0 Å². The maximum absolute atomic E-state index is 12.5. The smallest absolute Gasteiger partial charge is 0.166 e. The molecular formula is C20H16O. The Morgan fingerprint density at radius 1 is 0.905 bits per heavy atom. The number of fused-ring (bicyclic) bond motifs is 2. The molecule has 1 nitrogen and oxygen atoms in total. The van der Waals surface area contributed by atoms with E-state index in [0.717, 1.165) is 23.1 Å². The van der Waals surface area contributed by atoms with E-state index in [1.807, 2.05) is 13.0 Å². The standard InChI is InChI=1S/C20H16O/c1-13-11-17-7-4-8-18(19(17)20(13)21)16-10-9-14-5-2-3-6-15(14)12-16/h2-10,12-13H,11H2,1H3. The Morgan fingerprint density at radius 2 is 1.71 bits per heavy atom. The van der Waals surface area contributed by atoms with Gasteiger partial charge in [-0.2, -0.15) is 0 Å². The molecule has 4 rings (SSSR count). The van der Waals surface area contributed by atoms with Gasteiger partial charge in [0.25, 0.3) is 0 Å². The lowest BCUT2D eigenvalue weighted by atomic mass is 9.94. The predicted molar refractivity (Wildman–Crippen MR) is 86.6 cm³/mol. The molecule has 1 aliphatic carbocycles. The van der Waals surface area contributed by atoms with Crippen LogP contribution in [-0.4, -0.2) is 5.78 Å². The Labute approximate surface area is 124 Å². The van der Waals surface area contributed by atoms with Gasteiger partial charge < -0.3 is 0 Å². The summed E-state index contributed by atoms with van der Waals surface area (Å²) >= 11 is 0. The fourth-order valence-electron chi connectivity index (χ4n) is 3.33. The first kappa shape index (κ1) is 12.3. The van der Waals surface area contributed by atoms with Gasteiger partial charge in [-0.1, -0.05) is 61.5 Å². The van der Waals surface area contributed by atoms with E-state index in [2.05, 4.69) is 54.6 Å². The highest BCUT2D eigenvalue weighted by atomic mass is 16.1. The van der Waals surface area contributed by atoms with Gasteiger partial charge in [0.15, 0.2) is 5.78 Å². The lowest BCUT2D eigenvalue weighted by Crippen LogP contribution is -2.04. The normalized spacial score (nSPS) is 17.2. The molecule has 0 N–H and O–H groups in total. The summed E-state index contributed by atoms with van der Waals surface area (Å²) < 4.78 is 0. The molecule has 1 unspecified atom stereocenters. The van der Waals surface area contributed by atoms with E-state index < -0.39 is 0 Å². The zero-order valence-corrected chi connectivity index (χ0v) is 12.0. The average Bonchev–Trinajstić information content (AvgIpc) is 2.82.